The number of hydrogen-bond donors (Lipinski definition) is 1. The second-order valence-corrected chi connectivity index (χ2v) is 5.97. The zero-order valence-corrected chi connectivity index (χ0v) is 10.1. The molecule has 0 aromatic rings. The molecule has 1 aliphatic rings. The summed E-state index contributed by atoms with van der Waals surface area (Å²) < 4.78 is 5.23. The highest BCUT2D eigenvalue weighted by Crippen LogP contribution is 2.31. The maximum absolute atomic E-state index is 11.4. The van der Waals surface area contributed by atoms with Gasteiger partial charge in [-0.05, 0) is 6.42 Å². The molecule has 1 rings (SSSR count). The van der Waals surface area contributed by atoms with Crippen LogP contribution >= 0.6 is 21.6 Å². The molecular weight excluding hydrogens is 220 g/mol. The SMILES string of the molecule is CCC(C)C(=O)O[C@H]1CSSC[C@@H]1O. The largest absolute Gasteiger partial charge is 0.458 e. The summed E-state index contributed by atoms with van der Waals surface area (Å²) in [5.74, 6) is 1.07. The minimum atomic E-state index is -0.505. The monoisotopic (exact) mass is 236 g/mol. The van der Waals surface area contributed by atoms with E-state index >= 15 is 0 Å². The summed E-state index contributed by atoms with van der Waals surface area (Å²) in [5, 5.41) is 9.56. The number of carbonyl (C=O) groups excluding carboxylic acids is 1. The second kappa shape index (κ2) is 5.88. The summed E-state index contributed by atoms with van der Waals surface area (Å²) >= 11 is 0. The Kier molecular flexibility index (Phi) is 5.12. The van der Waals surface area contributed by atoms with Gasteiger partial charge in [0.05, 0.1) is 5.92 Å². The molecule has 1 fully saturated rings. The maximum atomic E-state index is 11.4. The quantitative estimate of drug-likeness (QED) is 0.597. The van der Waals surface area contributed by atoms with E-state index in [0.29, 0.717) is 11.5 Å². The fraction of sp³-hybridized carbons (Fsp3) is 0.889. The Labute approximate surface area is 92.4 Å². The van der Waals surface area contributed by atoms with Gasteiger partial charge in [-0.2, -0.15) is 0 Å². The third kappa shape index (κ3) is 3.37. The minimum Gasteiger partial charge on any atom is -0.458 e. The highest BCUT2D eigenvalue weighted by atomic mass is 33.1. The van der Waals surface area contributed by atoms with Crippen LogP contribution in [-0.4, -0.2) is 34.8 Å². The van der Waals surface area contributed by atoms with Crippen molar-refractivity contribution in [2.75, 3.05) is 11.5 Å². The summed E-state index contributed by atoms with van der Waals surface area (Å²) in [4.78, 5) is 11.4. The maximum Gasteiger partial charge on any atom is 0.309 e. The van der Waals surface area contributed by atoms with Crippen molar-refractivity contribution in [3.63, 3.8) is 0 Å². The normalized spacial score (nSPS) is 29.6. The number of aliphatic hydroxyl groups is 1. The molecule has 0 spiro atoms. The van der Waals surface area contributed by atoms with E-state index in [-0.39, 0.29) is 18.0 Å². The number of aliphatic hydroxyl groups excluding tert-OH is 1. The molecule has 0 amide bonds. The van der Waals surface area contributed by atoms with E-state index in [1.165, 1.54) is 0 Å². The van der Waals surface area contributed by atoms with Crippen molar-refractivity contribution in [1.29, 1.82) is 0 Å². The van der Waals surface area contributed by atoms with Gasteiger partial charge in [0.2, 0.25) is 0 Å². The van der Waals surface area contributed by atoms with Crippen molar-refractivity contribution in [3.8, 4) is 0 Å². The predicted octanol–water partition coefficient (Wildman–Crippen LogP) is 1.70. The van der Waals surface area contributed by atoms with Crippen molar-refractivity contribution in [2.24, 2.45) is 5.92 Å². The Morgan fingerprint density at radius 1 is 1.57 bits per heavy atom. The lowest BCUT2D eigenvalue weighted by Gasteiger charge is -2.27. The molecule has 1 aliphatic heterocycles. The second-order valence-electron chi connectivity index (χ2n) is 3.42. The van der Waals surface area contributed by atoms with Crippen LogP contribution in [0.1, 0.15) is 20.3 Å². The van der Waals surface area contributed by atoms with E-state index in [1.54, 1.807) is 21.6 Å². The molecule has 3 atom stereocenters. The first-order chi connectivity index (χ1) is 6.65. The molecule has 1 saturated heterocycles. The Bertz CT molecular complexity index is 198. The van der Waals surface area contributed by atoms with Crippen LogP contribution < -0.4 is 0 Å². The van der Waals surface area contributed by atoms with Crippen molar-refractivity contribution in [1.82, 2.24) is 0 Å². The van der Waals surface area contributed by atoms with Gasteiger partial charge in [-0.25, -0.2) is 0 Å². The van der Waals surface area contributed by atoms with Gasteiger partial charge < -0.3 is 9.84 Å². The fourth-order valence-corrected chi connectivity index (χ4v) is 3.36. The Morgan fingerprint density at radius 2 is 2.21 bits per heavy atom. The summed E-state index contributed by atoms with van der Waals surface area (Å²) in [5.41, 5.74) is 0. The van der Waals surface area contributed by atoms with E-state index in [0.717, 1.165) is 6.42 Å². The zero-order chi connectivity index (χ0) is 10.6. The van der Waals surface area contributed by atoms with E-state index in [2.05, 4.69) is 0 Å². The first-order valence-electron chi connectivity index (χ1n) is 4.78. The van der Waals surface area contributed by atoms with Gasteiger partial charge >= 0.3 is 5.97 Å². The van der Waals surface area contributed by atoms with Gasteiger partial charge in [0.1, 0.15) is 12.2 Å². The minimum absolute atomic E-state index is 0.0678. The average molecular weight is 236 g/mol. The number of carbonyl (C=O) groups is 1. The van der Waals surface area contributed by atoms with Gasteiger partial charge in [0.25, 0.3) is 0 Å². The molecule has 14 heavy (non-hydrogen) atoms. The highest BCUT2D eigenvalue weighted by molar-refractivity contribution is 8.76. The Balaban J connectivity index is 2.38. The Morgan fingerprint density at radius 3 is 2.79 bits per heavy atom. The summed E-state index contributed by atoms with van der Waals surface area (Å²) in [6.07, 6.45) is -0.0409. The van der Waals surface area contributed by atoms with Crippen molar-refractivity contribution in [3.05, 3.63) is 0 Å². The van der Waals surface area contributed by atoms with E-state index < -0.39 is 6.10 Å². The lowest BCUT2D eigenvalue weighted by molar-refractivity contribution is -0.157. The Hall–Kier alpha value is 0.130. The molecule has 0 bridgehead atoms. The summed E-state index contributed by atoms with van der Waals surface area (Å²) in [7, 11) is 3.27. The highest BCUT2D eigenvalue weighted by Gasteiger charge is 2.28. The molecule has 1 heterocycles. The molecule has 0 aliphatic carbocycles. The molecule has 3 nitrogen and oxygen atoms in total. The molecular formula is C9H16O3S2. The van der Waals surface area contributed by atoms with E-state index in [1.807, 2.05) is 13.8 Å². The van der Waals surface area contributed by atoms with Crippen LogP contribution in [0.3, 0.4) is 0 Å². The number of esters is 1. The van der Waals surface area contributed by atoms with Crippen LogP contribution in [0.4, 0.5) is 0 Å². The fourth-order valence-electron chi connectivity index (χ4n) is 0.996. The van der Waals surface area contributed by atoms with Crippen LogP contribution in [-0.2, 0) is 9.53 Å². The third-order valence-electron chi connectivity index (χ3n) is 2.27. The van der Waals surface area contributed by atoms with Crippen LogP contribution in [0.15, 0.2) is 0 Å². The molecule has 0 aromatic carbocycles. The number of rotatable bonds is 3. The lowest BCUT2D eigenvalue weighted by Crippen LogP contribution is -2.38. The van der Waals surface area contributed by atoms with Crippen LogP contribution in [0, 0.1) is 5.92 Å². The smallest absolute Gasteiger partial charge is 0.309 e. The molecule has 0 saturated carbocycles. The van der Waals surface area contributed by atoms with Gasteiger partial charge in [-0.15, -0.1) is 0 Å². The van der Waals surface area contributed by atoms with Crippen molar-refractivity contribution >= 4 is 27.6 Å². The van der Waals surface area contributed by atoms with Gasteiger partial charge in [0.15, 0.2) is 0 Å². The van der Waals surface area contributed by atoms with Gasteiger partial charge in [0, 0.05) is 11.5 Å². The molecule has 82 valence electrons. The molecule has 1 N–H and O–H groups in total. The van der Waals surface area contributed by atoms with Crippen LogP contribution in [0.25, 0.3) is 0 Å². The lowest BCUT2D eigenvalue weighted by atomic mass is 10.1. The topological polar surface area (TPSA) is 46.5 Å². The molecule has 1 unspecified atom stereocenters. The van der Waals surface area contributed by atoms with Crippen molar-refractivity contribution in [2.45, 2.75) is 32.5 Å². The molecule has 0 aromatic heterocycles. The molecule has 5 heteroatoms. The first kappa shape index (κ1) is 12.2. The van der Waals surface area contributed by atoms with Crippen LogP contribution in [0.5, 0.6) is 0 Å². The summed E-state index contributed by atoms with van der Waals surface area (Å²) in [6.45, 7) is 3.80. The van der Waals surface area contributed by atoms with E-state index in [4.69, 9.17) is 4.74 Å². The van der Waals surface area contributed by atoms with Gasteiger partial charge in [-0.1, -0.05) is 35.4 Å². The zero-order valence-electron chi connectivity index (χ0n) is 8.43. The number of ether oxygens (including phenoxy) is 1. The molecule has 0 radical (unpaired) electrons. The summed E-state index contributed by atoms with van der Waals surface area (Å²) in [6, 6.07) is 0. The van der Waals surface area contributed by atoms with Gasteiger partial charge in [-0.3, -0.25) is 4.79 Å². The average Bonchev–Trinajstić information content (AvgIpc) is 2.20. The standard InChI is InChI=1S/C9H16O3S2/c1-3-6(2)9(11)12-8-5-14-13-4-7(8)10/h6-8,10H,3-5H2,1-2H3/t6?,7-,8-/m0/s1. The predicted molar refractivity (Wildman–Crippen MR) is 60.3 cm³/mol. The number of hydrogen-bond acceptors (Lipinski definition) is 5. The first-order valence-corrected chi connectivity index (χ1v) is 7.27. The van der Waals surface area contributed by atoms with Crippen LogP contribution in [0.2, 0.25) is 0 Å². The third-order valence-corrected chi connectivity index (χ3v) is 4.69. The van der Waals surface area contributed by atoms with Crippen molar-refractivity contribution < 1.29 is 14.6 Å². The van der Waals surface area contributed by atoms with E-state index in [9.17, 15) is 9.90 Å².